The van der Waals surface area contributed by atoms with E-state index in [0.717, 1.165) is 0 Å². The van der Waals surface area contributed by atoms with Crippen LogP contribution < -0.4 is 0 Å². The van der Waals surface area contributed by atoms with Crippen molar-refractivity contribution >= 4 is 0 Å². The molecule has 0 aromatic rings. The van der Waals surface area contributed by atoms with Crippen molar-refractivity contribution in [2.45, 2.75) is 36.8 Å². The Bertz CT molecular complexity index is 245. The van der Waals surface area contributed by atoms with Crippen LogP contribution in [0.3, 0.4) is 0 Å². The van der Waals surface area contributed by atoms with Crippen molar-refractivity contribution in [2.75, 3.05) is 13.2 Å². The average Bonchev–Trinajstić information content (AvgIpc) is 2.34. The molecule has 4 unspecified atom stereocenters. The molecule has 1 rings (SSSR count). The van der Waals surface area contributed by atoms with Crippen LogP contribution in [0.1, 0.15) is 0 Å². The summed E-state index contributed by atoms with van der Waals surface area (Å²) in [4.78, 5) is 0. The molecule has 7 heteroatoms. The van der Waals surface area contributed by atoms with Gasteiger partial charge in [-0.25, -0.2) is 0 Å². The van der Waals surface area contributed by atoms with Crippen molar-refractivity contribution in [1.29, 1.82) is 0 Å². The molecule has 0 bridgehead atoms. The van der Waals surface area contributed by atoms with Crippen LogP contribution in [0.5, 0.6) is 0 Å². The van der Waals surface area contributed by atoms with E-state index in [1.165, 1.54) is 6.08 Å². The highest BCUT2D eigenvalue weighted by molar-refractivity contribution is 4.89. The molecule has 6 atom stereocenters. The van der Waals surface area contributed by atoms with Crippen LogP contribution in [-0.2, 0) is 9.47 Å². The number of ether oxygens (including phenoxy) is 2. The second-order valence-electron chi connectivity index (χ2n) is 3.83. The third-order valence-corrected chi connectivity index (χ3v) is 2.55. The third kappa shape index (κ3) is 3.46. The molecule has 1 heterocycles. The number of rotatable bonds is 5. The van der Waals surface area contributed by atoms with Gasteiger partial charge >= 0.3 is 0 Å². The molecule has 0 aromatic carbocycles. The molecule has 1 saturated heterocycles. The minimum Gasteiger partial charge on any atom is -0.394 e. The largest absolute Gasteiger partial charge is 0.394 e. The molecule has 0 amide bonds. The van der Waals surface area contributed by atoms with Gasteiger partial charge in [0.15, 0.2) is 6.29 Å². The Labute approximate surface area is 98.5 Å². The van der Waals surface area contributed by atoms with Gasteiger partial charge < -0.3 is 35.0 Å². The van der Waals surface area contributed by atoms with Crippen molar-refractivity contribution in [3.05, 3.63) is 12.7 Å². The van der Waals surface area contributed by atoms with Crippen LogP contribution in [0.15, 0.2) is 12.7 Å². The molecular formula is C10H18O7. The predicted octanol–water partition coefficient (Wildman–Crippen LogP) is -2.65. The summed E-state index contributed by atoms with van der Waals surface area (Å²) in [5.74, 6) is 0. The van der Waals surface area contributed by atoms with E-state index in [2.05, 4.69) is 6.58 Å². The monoisotopic (exact) mass is 250 g/mol. The van der Waals surface area contributed by atoms with Crippen molar-refractivity contribution < 1.29 is 35.0 Å². The van der Waals surface area contributed by atoms with Crippen molar-refractivity contribution in [1.82, 2.24) is 0 Å². The maximum absolute atomic E-state index is 9.56. The Morgan fingerprint density at radius 2 is 1.88 bits per heavy atom. The summed E-state index contributed by atoms with van der Waals surface area (Å²) in [5.41, 5.74) is 0. The molecule has 5 N–H and O–H groups in total. The normalized spacial score (nSPS) is 39.9. The molecule has 0 aromatic heterocycles. The first-order valence-electron chi connectivity index (χ1n) is 5.24. The highest BCUT2D eigenvalue weighted by Gasteiger charge is 2.44. The highest BCUT2D eigenvalue weighted by atomic mass is 16.7. The molecule has 100 valence electrons. The third-order valence-electron chi connectivity index (χ3n) is 2.55. The zero-order valence-corrected chi connectivity index (χ0v) is 9.22. The second-order valence-corrected chi connectivity index (χ2v) is 3.83. The van der Waals surface area contributed by atoms with Crippen molar-refractivity contribution in [3.8, 4) is 0 Å². The summed E-state index contributed by atoms with van der Waals surface area (Å²) < 4.78 is 10.1. The fraction of sp³-hybridized carbons (Fsp3) is 0.800. The number of hydrogen-bond donors (Lipinski definition) is 5. The zero-order chi connectivity index (χ0) is 13.0. The van der Waals surface area contributed by atoms with Gasteiger partial charge in [0.2, 0.25) is 0 Å². The zero-order valence-electron chi connectivity index (χ0n) is 9.22. The Balaban J connectivity index is 2.56. The second kappa shape index (κ2) is 6.41. The summed E-state index contributed by atoms with van der Waals surface area (Å²) in [6.45, 7) is 2.65. The van der Waals surface area contributed by atoms with Crippen LogP contribution in [0.25, 0.3) is 0 Å². The standard InChI is InChI=1S/C10H18O7/c1-2-5(12)4-16-10-9(15)8(14)7(13)6(3-11)17-10/h2,5-15H,1,3-4H2/t5-,6?,7?,8?,9?,10+/m0/s1. The molecule has 0 radical (unpaired) electrons. The van der Waals surface area contributed by atoms with Crippen LogP contribution in [0, 0.1) is 0 Å². The van der Waals surface area contributed by atoms with Gasteiger partial charge in [0.25, 0.3) is 0 Å². The lowest BCUT2D eigenvalue weighted by molar-refractivity contribution is -0.303. The number of hydrogen-bond acceptors (Lipinski definition) is 7. The lowest BCUT2D eigenvalue weighted by Gasteiger charge is -2.39. The Morgan fingerprint density at radius 3 is 2.41 bits per heavy atom. The molecule has 0 saturated carbocycles. The van der Waals surface area contributed by atoms with Gasteiger partial charge in [-0.15, -0.1) is 6.58 Å². The van der Waals surface area contributed by atoms with Gasteiger partial charge in [-0.3, -0.25) is 0 Å². The fourth-order valence-electron chi connectivity index (χ4n) is 1.47. The first-order chi connectivity index (χ1) is 8.01. The quantitative estimate of drug-likeness (QED) is 0.338. The van der Waals surface area contributed by atoms with E-state index in [1.54, 1.807) is 0 Å². The minimum absolute atomic E-state index is 0.174. The summed E-state index contributed by atoms with van der Waals surface area (Å²) >= 11 is 0. The molecule has 1 aliphatic heterocycles. The number of aliphatic hydroxyl groups is 5. The molecule has 7 nitrogen and oxygen atoms in total. The van der Waals surface area contributed by atoms with Crippen molar-refractivity contribution in [3.63, 3.8) is 0 Å². The van der Waals surface area contributed by atoms with E-state index in [-0.39, 0.29) is 6.61 Å². The average molecular weight is 250 g/mol. The molecule has 1 aliphatic rings. The first kappa shape index (κ1) is 14.5. The Hall–Kier alpha value is -0.540. The minimum atomic E-state index is -1.48. The van der Waals surface area contributed by atoms with Gasteiger partial charge in [-0.2, -0.15) is 0 Å². The van der Waals surface area contributed by atoms with Crippen molar-refractivity contribution in [2.24, 2.45) is 0 Å². The van der Waals surface area contributed by atoms with Crippen LogP contribution in [-0.4, -0.2) is 75.6 Å². The summed E-state index contributed by atoms with van der Waals surface area (Å²) in [6, 6.07) is 0. The van der Waals surface area contributed by atoms with Gasteiger partial charge in [0.05, 0.1) is 19.3 Å². The predicted molar refractivity (Wildman–Crippen MR) is 55.9 cm³/mol. The maximum Gasteiger partial charge on any atom is 0.186 e. The summed E-state index contributed by atoms with van der Waals surface area (Å²) in [5, 5.41) is 46.6. The van der Waals surface area contributed by atoms with Crippen LogP contribution >= 0.6 is 0 Å². The Morgan fingerprint density at radius 1 is 1.24 bits per heavy atom. The van der Waals surface area contributed by atoms with E-state index in [9.17, 15) is 20.4 Å². The molecule has 0 spiro atoms. The molecule has 0 aliphatic carbocycles. The van der Waals surface area contributed by atoms with Crippen LogP contribution in [0.4, 0.5) is 0 Å². The summed E-state index contributed by atoms with van der Waals surface area (Å²) in [6.07, 6.45) is -6.28. The summed E-state index contributed by atoms with van der Waals surface area (Å²) in [7, 11) is 0. The van der Waals surface area contributed by atoms with E-state index in [0.29, 0.717) is 0 Å². The number of aliphatic hydroxyl groups excluding tert-OH is 5. The smallest absolute Gasteiger partial charge is 0.186 e. The highest BCUT2D eigenvalue weighted by Crippen LogP contribution is 2.21. The van der Waals surface area contributed by atoms with Gasteiger partial charge in [0.1, 0.15) is 24.4 Å². The molecular weight excluding hydrogens is 232 g/mol. The molecule has 1 fully saturated rings. The lowest BCUT2D eigenvalue weighted by atomic mass is 9.99. The first-order valence-corrected chi connectivity index (χ1v) is 5.24. The van der Waals surface area contributed by atoms with E-state index in [1.807, 2.05) is 0 Å². The van der Waals surface area contributed by atoms with Gasteiger partial charge in [-0.1, -0.05) is 6.08 Å². The van der Waals surface area contributed by atoms with Gasteiger partial charge in [0, 0.05) is 0 Å². The molecule has 17 heavy (non-hydrogen) atoms. The fourth-order valence-corrected chi connectivity index (χ4v) is 1.47. The van der Waals surface area contributed by atoms with E-state index in [4.69, 9.17) is 14.6 Å². The SMILES string of the molecule is C=C[C@H](O)CO[C@@H]1OC(CO)C(O)C(O)C1O. The van der Waals surface area contributed by atoms with E-state index < -0.39 is 43.4 Å². The van der Waals surface area contributed by atoms with Gasteiger partial charge in [-0.05, 0) is 0 Å². The lowest BCUT2D eigenvalue weighted by Crippen LogP contribution is -2.59. The topological polar surface area (TPSA) is 120 Å². The van der Waals surface area contributed by atoms with E-state index >= 15 is 0 Å². The Kier molecular flexibility index (Phi) is 5.47. The van der Waals surface area contributed by atoms with Crippen LogP contribution in [0.2, 0.25) is 0 Å². The maximum atomic E-state index is 9.56.